The van der Waals surface area contributed by atoms with Gasteiger partial charge in [-0.25, -0.2) is 0 Å². The number of para-hydroxylation sites is 1. The fourth-order valence-corrected chi connectivity index (χ4v) is 2.21. The minimum absolute atomic E-state index is 0. The summed E-state index contributed by atoms with van der Waals surface area (Å²) < 4.78 is 7.33. The number of guanidine groups is 1. The van der Waals surface area contributed by atoms with Crippen LogP contribution in [0.1, 0.15) is 18.4 Å². The number of rotatable bonds is 8. The van der Waals surface area contributed by atoms with Crippen molar-refractivity contribution in [3.63, 3.8) is 0 Å². The normalized spacial score (nSPS) is 10.8. The molecule has 0 saturated heterocycles. The molecule has 0 aliphatic heterocycles. The van der Waals surface area contributed by atoms with Gasteiger partial charge in [0.25, 0.3) is 0 Å². The van der Waals surface area contributed by atoms with Crippen molar-refractivity contribution < 1.29 is 4.74 Å². The van der Waals surface area contributed by atoms with Gasteiger partial charge < -0.3 is 19.9 Å². The molecule has 0 aliphatic carbocycles. The van der Waals surface area contributed by atoms with Crippen LogP contribution in [0.4, 0.5) is 0 Å². The van der Waals surface area contributed by atoms with Crippen LogP contribution in [0.5, 0.6) is 5.75 Å². The summed E-state index contributed by atoms with van der Waals surface area (Å²) in [6, 6.07) is 7.96. The summed E-state index contributed by atoms with van der Waals surface area (Å²) in [6.07, 6.45) is 5.59. The standard InChI is InChI=1S/C16H24N6O.HI/c1-17-16(18-9-5-6-10-22-12-20-21-13-22)19-11-14-7-3-4-8-15(14)23-2;/h3-4,7-8,12-13H,5-6,9-11H2,1-2H3,(H2,17,18,19);1H. The van der Waals surface area contributed by atoms with E-state index in [-0.39, 0.29) is 24.0 Å². The molecule has 1 aromatic carbocycles. The quantitative estimate of drug-likeness (QED) is 0.282. The minimum atomic E-state index is 0. The fourth-order valence-electron chi connectivity index (χ4n) is 2.21. The minimum Gasteiger partial charge on any atom is -0.496 e. The van der Waals surface area contributed by atoms with Crippen LogP contribution < -0.4 is 15.4 Å². The van der Waals surface area contributed by atoms with Crippen molar-refractivity contribution in [1.29, 1.82) is 0 Å². The summed E-state index contributed by atoms with van der Waals surface area (Å²) in [5.41, 5.74) is 1.10. The average molecular weight is 444 g/mol. The summed E-state index contributed by atoms with van der Waals surface area (Å²) in [6.45, 7) is 2.47. The average Bonchev–Trinajstić information content (AvgIpc) is 3.11. The van der Waals surface area contributed by atoms with Crippen LogP contribution in [0.25, 0.3) is 0 Å². The molecule has 0 amide bonds. The van der Waals surface area contributed by atoms with Crippen LogP contribution in [-0.2, 0) is 13.1 Å². The van der Waals surface area contributed by atoms with E-state index >= 15 is 0 Å². The predicted molar refractivity (Wildman–Crippen MR) is 106 cm³/mol. The lowest BCUT2D eigenvalue weighted by molar-refractivity contribution is 0.409. The molecule has 1 heterocycles. The molecular weight excluding hydrogens is 419 g/mol. The molecule has 2 rings (SSSR count). The lowest BCUT2D eigenvalue weighted by Gasteiger charge is -2.13. The van der Waals surface area contributed by atoms with E-state index in [2.05, 4.69) is 25.8 Å². The Morgan fingerprint density at radius 1 is 1.17 bits per heavy atom. The molecule has 0 spiro atoms. The van der Waals surface area contributed by atoms with Gasteiger partial charge in [-0.2, -0.15) is 0 Å². The number of aryl methyl sites for hydroxylation is 1. The number of halogens is 1. The Labute approximate surface area is 159 Å². The van der Waals surface area contributed by atoms with Gasteiger partial charge in [0, 0.05) is 32.2 Å². The number of benzene rings is 1. The molecule has 0 bridgehead atoms. The molecule has 0 radical (unpaired) electrons. The number of nitrogens with zero attached hydrogens (tertiary/aromatic N) is 4. The number of aliphatic imine (C=N–C) groups is 1. The maximum atomic E-state index is 5.35. The van der Waals surface area contributed by atoms with Gasteiger partial charge in [-0.1, -0.05) is 18.2 Å². The Balaban J connectivity index is 0.00000288. The highest BCUT2D eigenvalue weighted by atomic mass is 127. The van der Waals surface area contributed by atoms with Crippen molar-refractivity contribution >= 4 is 29.9 Å². The third-order valence-corrected chi connectivity index (χ3v) is 3.46. The largest absolute Gasteiger partial charge is 0.496 e. The summed E-state index contributed by atoms with van der Waals surface area (Å²) in [5.74, 6) is 1.67. The number of hydrogen-bond donors (Lipinski definition) is 2. The highest BCUT2D eigenvalue weighted by Crippen LogP contribution is 2.16. The number of aromatic nitrogens is 3. The highest BCUT2D eigenvalue weighted by Gasteiger charge is 2.03. The SMILES string of the molecule is CN=C(NCCCCn1cnnc1)NCc1ccccc1OC.I. The monoisotopic (exact) mass is 444 g/mol. The second kappa shape index (κ2) is 11.7. The van der Waals surface area contributed by atoms with Gasteiger partial charge in [-0.05, 0) is 18.9 Å². The molecule has 0 unspecified atom stereocenters. The molecule has 1 aromatic heterocycles. The van der Waals surface area contributed by atoms with Gasteiger partial charge in [0.15, 0.2) is 5.96 Å². The predicted octanol–water partition coefficient (Wildman–Crippen LogP) is 2.05. The first-order valence-corrected chi connectivity index (χ1v) is 7.72. The van der Waals surface area contributed by atoms with E-state index in [4.69, 9.17) is 4.74 Å². The Kier molecular flexibility index (Phi) is 9.81. The maximum Gasteiger partial charge on any atom is 0.191 e. The van der Waals surface area contributed by atoms with Gasteiger partial charge in [0.2, 0.25) is 0 Å². The summed E-state index contributed by atoms with van der Waals surface area (Å²) in [4.78, 5) is 4.23. The first-order valence-electron chi connectivity index (χ1n) is 7.72. The molecule has 0 atom stereocenters. The van der Waals surface area contributed by atoms with Crippen LogP contribution in [0.2, 0.25) is 0 Å². The molecular formula is C16H25IN6O. The molecule has 132 valence electrons. The van der Waals surface area contributed by atoms with Crippen LogP contribution in [0.3, 0.4) is 0 Å². The Bertz CT molecular complexity index is 602. The zero-order valence-corrected chi connectivity index (χ0v) is 16.4. The van der Waals surface area contributed by atoms with Gasteiger partial charge in [-0.15, -0.1) is 34.2 Å². The van der Waals surface area contributed by atoms with Crippen molar-refractivity contribution in [2.24, 2.45) is 4.99 Å². The van der Waals surface area contributed by atoms with Crippen molar-refractivity contribution in [3.8, 4) is 5.75 Å². The summed E-state index contributed by atoms with van der Waals surface area (Å²) >= 11 is 0. The Hall–Kier alpha value is -1.84. The number of ether oxygens (including phenoxy) is 1. The lowest BCUT2D eigenvalue weighted by atomic mass is 10.2. The smallest absolute Gasteiger partial charge is 0.191 e. The van der Waals surface area contributed by atoms with E-state index in [1.54, 1.807) is 26.8 Å². The van der Waals surface area contributed by atoms with Gasteiger partial charge >= 0.3 is 0 Å². The molecule has 0 fully saturated rings. The highest BCUT2D eigenvalue weighted by molar-refractivity contribution is 14.0. The van der Waals surface area contributed by atoms with Crippen LogP contribution >= 0.6 is 24.0 Å². The maximum absolute atomic E-state index is 5.35. The van der Waals surface area contributed by atoms with E-state index < -0.39 is 0 Å². The zero-order chi connectivity index (χ0) is 16.3. The van der Waals surface area contributed by atoms with E-state index in [1.165, 1.54) is 0 Å². The second-order valence-electron chi connectivity index (χ2n) is 5.07. The van der Waals surface area contributed by atoms with Crippen LogP contribution in [-0.4, -0.2) is 41.4 Å². The van der Waals surface area contributed by atoms with Crippen molar-refractivity contribution in [2.75, 3.05) is 20.7 Å². The third-order valence-electron chi connectivity index (χ3n) is 3.46. The van der Waals surface area contributed by atoms with E-state index in [1.807, 2.05) is 28.8 Å². The Morgan fingerprint density at radius 2 is 1.92 bits per heavy atom. The fraction of sp³-hybridized carbons (Fsp3) is 0.438. The molecule has 0 aliphatic rings. The molecule has 2 N–H and O–H groups in total. The number of hydrogen-bond acceptors (Lipinski definition) is 4. The molecule has 7 nitrogen and oxygen atoms in total. The molecule has 24 heavy (non-hydrogen) atoms. The summed E-state index contributed by atoms with van der Waals surface area (Å²) in [7, 11) is 3.45. The topological polar surface area (TPSA) is 76.4 Å². The van der Waals surface area contributed by atoms with Gasteiger partial charge in [0.1, 0.15) is 18.4 Å². The van der Waals surface area contributed by atoms with E-state index in [0.717, 1.165) is 43.2 Å². The van der Waals surface area contributed by atoms with E-state index in [9.17, 15) is 0 Å². The summed E-state index contributed by atoms with van der Waals surface area (Å²) in [5, 5.41) is 14.2. The number of nitrogens with one attached hydrogen (secondary N) is 2. The number of methoxy groups -OCH3 is 1. The molecule has 8 heteroatoms. The van der Waals surface area contributed by atoms with Gasteiger partial charge in [-0.3, -0.25) is 4.99 Å². The first kappa shape index (κ1) is 20.2. The number of unbranched alkanes of at least 4 members (excludes halogenated alkanes) is 1. The first-order chi connectivity index (χ1) is 11.3. The van der Waals surface area contributed by atoms with Crippen LogP contribution in [0, 0.1) is 0 Å². The molecule has 2 aromatic rings. The lowest BCUT2D eigenvalue weighted by Crippen LogP contribution is -2.37. The van der Waals surface area contributed by atoms with Crippen molar-refractivity contribution in [2.45, 2.75) is 25.9 Å². The third kappa shape index (κ3) is 6.73. The van der Waals surface area contributed by atoms with Crippen molar-refractivity contribution in [1.82, 2.24) is 25.4 Å². The van der Waals surface area contributed by atoms with E-state index in [0.29, 0.717) is 6.54 Å². The molecule has 0 saturated carbocycles. The zero-order valence-electron chi connectivity index (χ0n) is 14.1. The van der Waals surface area contributed by atoms with Gasteiger partial charge in [0.05, 0.1) is 7.11 Å². The van der Waals surface area contributed by atoms with Crippen LogP contribution in [0.15, 0.2) is 41.9 Å². The van der Waals surface area contributed by atoms with Crippen molar-refractivity contribution in [3.05, 3.63) is 42.5 Å². The second-order valence-corrected chi connectivity index (χ2v) is 5.07. The Morgan fingerprint density at radius 3 is 2.62 bits per heavy atom.